The number of anilines is 1. The highest BCUT2D eigenvalue weighted by molar-refractivity contribution is 7.80. The van der Waals surface area contributed by atoms with Gasteiger partial charge in [-0.25, -0.2) is 0 Å². The normalized spacial score (nSPS) is 10.1. The summed E-state index contributed by atoms with van der Waals surface area (Å²) in [7, 11) is 1.43. The highest BCUT2D eigenvalue weighted by Gasteiger charge is 2.14. The Hall–Kier alpha value is -3.98. The first-order valence-corrected chi connectivity index (χ1v) is 9.58. The molecule has 2 N–H and O–H groups in total. The minimum absolute atomic E-state index is 0.0283. The summed E-state index contributed by atoms with van der Waals surface area (Å²) in [6.07, 6.45) is 0. The van der Waals surface area contributed by atoms with Crippen molar-refractivity contribution in [3.8, 4) is 11.5 Å². The molecule has 0 heterocycles. The maximum Gasteiger partial charge on any atom is 0.271 e. The third-order valence-corrected chi connectivity index (χ3v) is 4.42. The van der Waals surface area contributed by atoms with Crippen molar-refractivity contribution in [1.82, 2.24) is 5.32 Å². The molecule has 8 nitrogen and oxygen atoms in total. The Balaban J connectivity index is 1.64. The highest BCUT2D eigenvalue weighted by Crippen LogP contribution is 2.28. The predicted octanol–water partition coefficient (Wildman–Crippen LogP) is 4.31. The maximum absolute atomic E-state index is 12.6. The van der Waals surface area contributed by atoms with Gasteiger partial charge in [0, 0.05) is 17.7 Å². The first-order valence-electron chi connectivity index (χ1n) is 9.18. The van der Waals surface area contributed by atoms with Gasteiger partial charge in [-0.05, 0) is 42.0 Å². The lowest BCUT2D eigenvalue weighted by Crippen LogP contribution is -2.34. The molecular formula is C22H19N3O5S. The van der Waals surface area contributed by atoms with Crippen molar-refractivity contribution in [3.63, 3.8) is 0 Å². The number of nitro benzene ring substituents is 1. The maximum atomic E-state index is 12.6. The molecule has 0 spiro atoms. The van der Waals surface area contributed by atoms with Crippen molar-refractivity contribution in [1.29, 1.82) is 0 Å². The molecule has 0 fully saturated rings. The number of carbonyl (C=O) groups is 1. The van der Waals surface area contributed by atoms with Gasteiger partial charge < -0.3 is 14.8 Å². The Morgan fingerprint density at radius 3 is 2.55 bits per heavy atom. The molecule has 3 rings (SSSR count). The third-order valence-electron chi connectivity index (χ3n) is 4.21. The second kappa shape index (κ2) is 10.2. The van der Waals surface area contributed by atoms with Gasteiger partial charge in [-0.1, -0.05) is 36.4 Å². The molecule has 0 unspecified atom stereocenters. The van der Waals surface area contributed by atoms with E-state index in [9.17, 15) is 14.9 Å². The van der Waals surface area contributed by atoms with E-state index in [1.165, 1.54) is 25.3 Å². The molecule has 3 aromatic carbocycles. The number of benzene rings is 3. The Labute approximate surface area is 184 Å². The van der Waals surface area contributed by atoms with Crippen LogP contribution in [0.1, 0.15) is 15.9 Å². The van der Waals surface area contributed by atoms with Gasteiger partial charge in [0.15, 0.2) is 5.11 Å². The van der Waals surface area contributed by atoms with Crippen molar-refractivity contribution < 1.29 is 19.2 Å². The standard InChI is InChI=1S/C22H19N3O5S/c1-29-20-11-10-17(25(27)28)13-19(20)23-22(31)24-21(26)16-8-5-9-18(12-16)30-14-15-6-3-2-4-7-15/h2-13H,14H2,1H3,(H2,23,24,26,31). The number of non-ortho nitro benzene ring substituents is 1. The van der Waals surface area contributed by atoms with Crippen LogP contribution in [0.15, 0.2) is 72.8 Å². The number of hydrogen-bond acceptors (Lipinski definition) is 6. The molecule has 0 aliphatic rings. The number of carbonyl (C=O) groups excluding carboxylic acids is 1. The van der Waals surface area contributed by atoms with Gasteiger partial charge in [0.2, 0.25) is 0 Å². The molecule has 0 atom stereocenters. The van der Waals surface area contributed by atoms with E-state index in [1.54, 1.807) is 24.3 Å². The molecule has 0 saturated heterocycles. The second-order valence-electron chi connectivity index (χ2n) is 6.35. The minimum atomic E-state index is -0.535. The van der Waals surface area contributed by atoms with Crippen LogP contribution < -0.4 is 20.1 Å². The highest BCUT2D eigenvalue weighted by atomic mass is 32.1. The number of nitrogens with one attached hydrogen (secondary N) is 2. The van der Waals surface area contributed by atoms with Crippen LogP contribution in [0.3, 0.4) is 0 Å². The predicted molar refractivity (Wildman–Crippen MR) is 121 cm³/mol. The van der Waals surface area contributed by atoms with Crippen LogP contribution in [0.5, 0.6) is 11.5 Å². The van der Waals surface area contributed by atoms with E-state index in [4.69, 9.17) is 21.7 Å². The van der Waals surface area contributed by atoms with E-state index in [-0.39, 0.29) is 16.5 Å². The Kier molecular flexibility index (Phi) is 7.13. The summed E-state index contributed by atoms with van der Waals surface area (Å²) >= 11 is 5.18. The van der Waals surface area contributed by atoms with Crippen molar-refractivity contribution in [3.05, 3.63) is 94.0 Å². The first kappa shape index (κ1) is 21.7. The molecule has 3 aromatic rings. The largest absolute Gasteiger partial charge is 0.495 e. The Morgan fingerprint density at radius 1 is 1.06 bits per heavy atom. The van der Waals surface area contributed by atoms with Gasteiger partial charge >= 0.3 is 0 Å². The quantitative estimate of drug-likeness (QED) is 0.323. The van der Waals surface area contributed by atoms with Crippen LogP contribution in [0.2, 0.25) is 0 Å². The molecular weight excluding hydrogens is 418 g/mol. The molecule has 9 heteroatoms. The molecule has 0 aromatic heterocycles. The second-order valence-corrected chi connectivity index (χ2v) is 6.76. The van der Waals surface area contributed by atoms with E-state index in [1.807, 2.05) is 30.3 Å². The fourth-order valence-electron chi connectivity index (χ4n) is 2.70. The van der Waals surface area contributed by atoms with Crippen molar-refractivity contribution in [2.24, 2.45) is 0 Å². The molecule has 0 aliphatic heterocycles. The topological polar surface area (TPSA) is 103 Å². The van der Waals surface area contributed by atoms with E-state index in [0.29, 0.717) is 23.7 Å². The summed E-state index contributed by atoms with van der Waals surface area (Å²) in [6, 6.07) is 20.4. The molecule has 158 valence electrons. The zero-order chi connectivity index (χ0) is 22.2. The molecule has 0 bridgehead atoms. The number of nitro groups is 1. The van der Waals surface area contributed by atoms with Crippen molar-refractivity contribution in [2.45, 2.75) is 6.61 Å². The molecule has 0 saturated carbocycles. The van der Waals surface area contributed by atoms with Gasteiger partial charge in [-0.15, -0.1) is 0 Å². The summed E-state index contributed by atoms with van der Waals surface area (Å²) in [4.78, 5) is 23.0. The average molecular weight is 437 g/mol. The van der Waals surface area contributed by atoms with E-state index < -0.39 is 10.8 Å². The molecule has 31 heavy (non-hydrogen) atoms. The summed E-state index contributed by atoms with van der Waals surface area (Å²) in [5.41, 5.74) is 1.48. The fourth-order valence-corrected chi connectivity index (χ4v) is 2.91. The SMILES string of the molecule is COc1ccc([N+](=O)[O-])cc1NC(=S)NC(=O)c1cccc(OCc2ccccc2)c1. The van der Waals surface area contributed by atoms with Gasteiger partial charge in [0.25, 0.3) is 11.6 Å². The van der Waals surface area contributed by atoms with Crippen LogP contribution in [-0.4, -0.2) is 23.1 Å². The number of amides is 1. The lowest BCUT2D eigenvalue weighted by molar-refractivity contribution is -0.384. The minimum Gasteiger partial charge on any atom is -0.495 e. The summed E-state index contributed by atoms with van der Waals surface area (Å²) in [6.45, 7) is 0.373. The van der Waals surface area contributed by atoms with Gasteiger partial charge in [0.1, 0.15) is 18.1 Å². The summed E-state index contributed by atoms with van der Waals surface area (Å²) in [5, 5.41) is 16.3. The summed E-state index contributed by atoms with van der Waals surface area (Å²) < 4.78 is 10.9. The van der Waals surface area contributed by atoms with Crippen LogP contribution in [0.25, 0.3) is 0 Å². The monoisotopic (exact) mass is 437 g/mol. The molecule has 0 radical (unpaired) electrons. The number of ether oxygens (including phenoxy) is 2. The smallest absolute Gasteiger partial charge is 0.271 e. The molecule has 1 amide bonds. The number of thiocarbonyl (C=S) groups is 1. The Bertz CT molecular complexity index is 1110. The lowest BCUT2D eigenvalue weighted by Gasteiger charge is -2.13. The number of rotatable bonds is 7. The number of hydrogen-bond donors (Lipinski definition) is 2. The lowest BCUT2D eigenvalue weighted by atomic mass is 10.2. The van der Waals surface area contributed by atoms with Crippen LogP contribution in [0, 0.1) is 10.1 Å². The fraction of sp³-hybridized carbons (Fsp3) is 0.0909. The molecule has 0 aliphatic carbocycles. The first-order chi connectivity index (χ1) is 15.0. The van der Waals surface area contributed by atoms with E-state index >= 15 is 0 Å². The van der Waals surface area contributed by atoms with Crippen LogP contribution in [0.4, 0.5) is 11.4 Å². The average Bonchev–Trinajstić information content (AvgIpc) is 2.78. The van der Waals surface area contributed by atoms with Crippen LogP contribution >= 0.6 is 12.2 Å². The van der Waals surface area contributed by atoms with Gasteiger partial charge in [-0.2, -0.15) is 0 Å². The van der Waals surface area contributed by atoms with E-state index in [0.717, 1.165) is 5.56 Å². The van der Waals surface area contributed by atoms with Gasteiger partial charge in [0.05, 0.1) is 17.7 Å². The van der Waals surface area contributed by atoms with Crippen molar-refractivity contribution in [2.75, 3.05) is 12.4 Å². The van der Waals surface area contributed by atoms with Crippen molar-refractivity contribution >= 4 is 34.6 Å². The zero-order valence-electron chi connectivity index (χ0n) is 16.5. The summed E-state index contributed by atoms with van der Waals surface area (Å²) in [5.74, 6) is 0.432. The third kappa shape index (κ3) is 6.00. The zero-order valence-corrected chi connectivity index (χ0v) is 17.3. The number of methoxy groups -OCH3 is 1. The number of nitrogens with zero attached hydrogens (tertiary/aromatic N) is 1. The van der Waals surface area contributed by atoms with E-state index in [2.05, 4.69) is 10.6 Å². The van der Waals surface area contributed by atoms with Crippen LogP contribution in [-0.2, 0) is 6.61 Å². The van der Waals surface area contributed by atoms with Gasteiger partial charge in [-0.3, -0.25) is 20.2 Å². The Morgan fingerprint density at radius 2 is 1.84 bits per heavy atom.